The van der Waals surface area contributed by atoms with Crippen molar-refractivity contribution in [1.82, 2.24) is 4.98 Å². The molecule has 0 aliphatic rings. The zero-order valence-electron chi connectivity index (χ0n) is 19.8. The lowest BCUT2D eigenvalue weighted by molar-refractivity contribution is 0.657. The van der Waals surface area contributed by atoms with E-state index < -0.39 is 0 Å². The van der Waals surface area contributed by atoms with Gasteiger partial charge in [0.2, 0.25) is 0 Å². The van der Waals surface area contributed by atoms with E-state index in [0.29, 0.717) is 0 Å². The Balaban J connectivity index is 1.68. The molecule has 3 heterocycles. The van der Waals surface area contributed by atoms with Crippen molar-refractivity contribution in [2.24, 2.45) is 0 Å². The molecule has 3 heteroatoms. The molecular weight excluding hydrogens is 430 g/mol. The molecule has 3 aromatic heterocycles. The number of hydrogen-bond acceptors (Lipinski definition) is 3. The minimum Gasteiger partial charge on any atom is -0.455 e. The van der Waals surface area contributed by atoms with Gasteiger partial charge in [-0.15, -0.1) is 0 Å². The highest BCUT2D eigenvalue weighted by molar-refractivity contribution is 6.27. The normalized spacial score (nSPS) is 11.9. The summed E-state index contributed by atoms with van der Waals surface area (Å²) in [5, 5.41) is 4.40. The molecular formula is C32H23NO2. The Labute approximate surface area is 202 Å². The van der Waals surface area contributed by atoms with Crippen molar-refractivity contribution in [2.45, 2.75) is 20.8 Å². The number of rotatable bonds is 2. The number of nitrogens with zero attached hydrogens (tertiary/aromatic N) is 1. The van der Waals surface area contributed by atoms with Crippen LogP contribution in [0.1, 0.15) is 16.7 Å². The van der Waals surface area contributed by atoms with Crippen LogP contribution in [-0.2, 0) is 0 Å². The Morgan fingerprint density at radius 1 is 0.571 bits per heavy atom. The third-order valence-electron chi connectivity index (χ3n) is 7.14. The number of fused-ring (bicyclic) bond motifs is 7. The molecule has 0 saturated heterocycles. The number of aromatic nitrogens is 1. The van der Waals surface area contributed by atoms with Crippen molar-refractivity contribution < 1.29 is 8.83 Å². The number of furan rings is 2. The molecule has 4 aromatic carbocycles. The van der Waals surface area contributed by atoms with Crippen LogP contribution in [0.2, 0.25) is 0 Å². The third kappa shape index (κ3) is 2.82. The van der Waals surface area contributed by atoms with Crippen LogP contribution in [0.3, 0.4) is 0 Å². The number of para-hydroxylation sites is 2. The van der Waals surface area contributed by atoms with E-state index in [4.69, 9.17) is 8.83 Å². The van der Waals surface area contributed by atoms with E-state index in [0.717, 1.165) is 83.0 Å². The molecule has 0 aliphatic heterocycles. The summed E-state index contributed by atoms with van der Waals surface area (Å²) in [4.78, 5) is 4.67. The predicted octanol–water partition coefficient (Wildman–Crippen LogP) is 9.14. The molecule has 0 spiro atoms. The molecule has 0 aliphatic carbocycles. The topological polar surface area (TPSA) is 39.2 Å². The highest BCUT2D eigenvalue weighted by atomic mass is 16.3. The van der Waals surface area contributed by atoms with Crippen molar-refractivity contribution in [2.75, 3.05) is 0 Å². The Bertz CT molecular complexity index is 1920. The van der Waals surface area contributed by atoms with Crippen molar-refractivity contribution >= 4 is 43.9 Å². The van der Waals surface area contributed by atoms with Gasteiger partial charge in [0, 0.05) is 39.0 Å². The van der Waals surface area contributed by atoms with Crippen LogP contribution in [0.15, 0.2) is 93.9 Å². The van der Waals surface area contributed by atoms with E-state index in [1.165, 1.54) is 0 Å². The molecule has 0 atom stereocenters. The van der Waals surface area contributed by atoms with Gasteiger partial charge in [0.05, 0.1) is 11.1 Å². The van der Waals surface area contributed by atoms with Crippen LogP contribution >= 0.6 is 0 Å². The second-order valence-electron chi connectivity index (χ2n) is 9.31. The Morgan fingerprint density at radius 3 is 1.94 bits per heavy atom. The second kappa shape index (κ2) is 7.31. The minimum absolute atomic E-state index is 0.881. The van der Waals surface area contributed by atoms with Crippen molar-refractivity contribution in [1.29, 1.82) is 0 Å². The monoisotopic (exact) mass is 453 g/mol. The Hall–Kier alpha value is -4.37. The number of aryl methyl sites for hydroxylation is 3. The van der Waals surface area contributed by atoms with E-state index in [9.17, 15) is 0 Å². The average Bonchev–Trinajstić information content (AvgIpc) is 3.46. The lowest BCUT2D eigenvalue weighted by atomic mass is 9.92. The molecule has 0 fully saturated rings. The fraction of sp³-hybridized carbons (Fsp3) is 0.0938. The molecule has 0 bridgehead atoms. The van der Waals surface area contributed by atoms with Gasteiger partial charge in [0.25, 0.3) is 0 Å². The Morgan fingerprint density at radius 2 is 1.23 bits per heavy atom. The summed E-state index contributed by atoms with van der Waals surface area (Å²) in [6.07, 6.45) is 1.89. The number of benzene rings is 4. The first-order chi connectivity index (χ1) is 17.1. The first kappa shape index (κ1) is 20.0. The van der Waals surface area contributed by atoms with Gasteiger partial charge in [-0.1, -0.05) is 66.7 Å². The number of hydrogen-bond donors (Lipinski definition) is 0. The van der Waals surface area contributed by atoms with Crippen molar-refractivity contribution in [3.63, 3.8) is 0 Å². The van der Waals surface area contributed by atoms with Crippen LogP contribution in [0.4, 0.5) is 0 Å². The molecule has 0 amide bonds. The third-order valence-corrected chi connectivity index (χ3v) is 7.14. The van der Waals surface area contributed by atoms with Crippen LogP contribution < -0.4 is 0 Å². The summed E-state index contributed by atoms with van der Waals surface area (Å²) in [6, 6.07) is 27.2. The maximum atomic E-state index is 6.66. The first-order valence-corrected chi connectivity index (χ1v) is 11.9. The molecule has 7 aromatic rings. The maximum absolute atomic E-state index is 6.66. The standard InChI is InChI=1S/C32H23NO2/c1-18-9-7-13-23-27-26(22-15-16-33-25(17-22)21-11-5-4-6-12-21)20(3)31-28(32(27)35-29(18)23)24-14-8-10-19(2)30(24)34-31/h4-17H,1-3H3. The van der Waals surface area contributed by atoms with E-state index in [2.05, 4.69) is 86.4 Å². The van der Waals surface area contributed by atoms with Crippen LogP contribution in [-0.4, -0.2) is 4.98 Å². The van der Waals surface area contributed by atoms with Crippen LogP contribution in [0.25, 0.3) is 66.3 Å². The first-order valence-electron chi connectivity index (χ1n) is 11.9. The largest absolute Gasteiger partial charge is 0.455 e. The quantitative estimate of drug-likeness (QED) is 0.262. The van der Waals surface area contributed by atoms with Gasteiger partial charge in [0.15, 0.2) is 0 Å². The summed E-state index contributed by atoms with van der Waals surface area (Å²) in [5.74, 6) is 0. The van der Waals surface area contributed by atoms with E-state index >= 15 is 0 Å². The lowest BCUT2D eigenvalue weighted by Crippen LogP contribution is -1.90. The molecule has 3 nitrogen and oxygen atoms in total. The molecule has 0 radical (unpaired) electrons. The fourth-order valence-corrected chi connectivity index (χ4v) is 5.45. The molecule has 0 N–H and O–H groups in total. The SMILES string of the molecule is Cc1cccc2c1oc1c2c(-c2ccnc(-c3ccccc3)c2)c(C)c2oc3c(C)cccc3c21. The van der Waals surface area contributed by atoms with Gasteiger partial charge in [-0.2, -0.15) is 0 Å². The summed E-state index contributed by atoms with van der Waals surface area (Å²) in [7, 11) is 0. The summed E-state index contributed by atoms with van der Waals surface area (Å²) < 4.78 is 13.2. The average molecular weight is 454 g/mol. The molecule has 0 saturated carbocycles. The minimum atomic E-state index is 0.881. The predicted molar refractivity (Wildman–Crippen MR) is 144 cm³/mol. The summed E-state index contributed by atoms with van der Waals surface area (Å²) in [5.41, 5.74) is 11.2. The van der Waals surface area contributed by atoms with Crippen LogP contribution in [0, 0.1) is 20.8 Å². The Kier molecular flexibility index (Phi) is 4.19. The fourth-order valence-electron chi connectivity index (χ4n) is 5.45. The van der Waals surface area contributed by atoms with E-state index in [1.807, 2.05) is 24.4 Å². The van der Waals surface area contributed by atoms with Gasteiger partial charge in [-0.3, -0.25) is 4.98 Å². The smallest absolute Gasteiger partial charge is 0.147 e. The van der Waals surface area contributed by atoms with Crippen LogP contribution in [0.5, 0.6) is 0 Å². The summed E-state index contributed by atoms with van der Waals surface area (Å²) >= 11 is 0. The van der Waals surface area contributed by atoms with Gasteiger partial charge in [-0.05, 0) is 49.6 Å². The van der Waals surface area contributed by atoms with E-state index in [-0.39, 0.29) is 0 Å². The number of pyridine rings is 1. The molecule has 168 valence electrons. The highest BCUT2D eigenvalue weighted by Gasteiger charge is 2.24. The zero-order chi connectivity index (χ0) is 23.7. The zero-order valence-corrected chi connectivity index (χ0v) is 19.8. The molecule has 35 heavy (non-hydrogen) atoms. The van der Waals surface area contributed by atoms with E-state index in [1.54, 1.807) is 0 Å². The highest BCUT2D eigenvalue weighted by Crippen LogP contribution is 2.47. The molecule has 0 unspecified atom stereocenters. The van der Waals surface area contributed by atoms with Gasteiger partial charge < -0.3 is 8.83 Å². The second-order valence-corrected chi connectivity index (χ2v) is 9.31. The van der Waals surface area contributed by atoms with Crippen molar-refractivity contribution in [3.8, 4) is 22.4 Å². The summed E-state index contributed by atoms with van der Waals surface area (Å²) in [6.45, 7) is 6.36. The van der Waals surface area contributed by atoms with Gasteiger partial charge in [0.1, 0.15) is 22.3 Å². The lowest BCUT2D eigenvalue weighted by Gasteiger charge is -2.11. The van der Waals surface area contributed by atoms with Crippen molar-refractivity contribution in [3.05, 3.63) is 102 Å². The maximum Gasteiger partial charge on any atom is 0.147 e. The molecule has 7 rings (SSSR count). The van der Waals surface area contributed by atoms with Gasteiger partial charge in [-0.25, -0.2) is 0 Å². The van der Waals surface area contributed by atoms with Gasteiger partial charge >= 0.3 is 0 Å².